The van der Waals surface area contributed by atoms with Crippen molar-refractivity contribution >= 4 is 33.8 Å². The molecule has 1 heterocycles. The number of aryl methyl sites for hydroxylation is 1. The van der Waals surface area contributed by atoms with Gasteiger partial charge in [0, 0.05) is 10.2 Å². The highest BCUT2D eigenvalue weighted by Gasteiger charge is 2.13. The molecule has 1 aromatic heterocycles. The van der Waals surface area contributed by atoms with Gasteiger partial charge in [-0.25, -0.2) is 0 Å². The highest BCUT2D eigenvalue weighted by Crippen LogP contribution is 2.21. The molecule has 5 nitrogen and oxygen atoms in total. The molecule has 1 aromatic carbocycles. The van der Waals surface area contributed by atoms with Crippen molar-refractivity contribution in [1.29, 1.82) is 0 Å². The quantitative estimate of drug-likeness (QED) is 0.873. The van der Waals surface area contributed by atoms with Gasteiger partial charge in [-0.2, -0.15) is 5.10 Å². The number of carbonyl (C=O) groups excluding carboxylic acids is 2. The lowest BCUT2D eigenvalue weighted by Crippen LogP contribution is -2.20. The minimum atomic E-state index is -0.194. The first kappa shape index (κ1) is 14.5. The van der Waals surface area contributed by atoms with E-state index in [4.69, 9.17) is 0 Å². The highest BCUT2D eigenvalue weighted by atomic mass is 79.9. The number of hydrogen-bond donors (Lipinski definition) is 1. The van der Waals surface area contributed by atoms with E-state index in [1.807, 2.05) is 18.2 Å². The Morgan fingerprint density at radius 2 is 2.10 bits per heavy atom. The van der Waals surface area contributed by atoms with Crippen LogP contribution >= 0.6 is 15.9 Å². The first-order valence-electron chi connectivity index (χ1n) is 6.06. The number of para-hydroxylation sites is 1. The zero-order valence-corrected chi connectivity index (χ0v) is 12.8. The SMILES string of the molecule is Cc1nn(CC(=O)Nc2ccccc2Br)c(C)c1C=O. The van der Waals surface area contributed by atoms with Crippen molar-refractivity contribution in [3.8, 4) is 0 Å². The maximum absolute atomic E-state index is 12.0. The van der Waals surface area contributed by atoms with Crippen LogP contribution in [0.25, 0.3) is 0 Å². The number of halogens is 1. The first-order valence-corrected chi connectivity index (χ1v) is 6.85. The van der Waals surface area contributed by atoms with Crippen LogP contribution in [-0.2, 0) is 11.3 Å². The summed E-state index contributed by atoms with van der Waals surface area (Å²) in [6.45, 7) is 3.59. The Balaban J connectivity index is 2.13. The molecule has 0 unspecified atom stereocenters. The second-order valence-corrected chi connectivity index (χ2v) is 5.24. The topological polar surface area (TPSA) is 64.0 Å². The normalized spacial score (nSPS) is 10.3. The molecule has 2 rings (SSSR count). The molecule has 2 aromatic rings. The Kier molecular flexibility index (Phi) is 4.34. The number of carbonyl (C=O) groups is 2. The third-order valence-corrected chi connectivity index (χ3v) is 3.69. The summed E-state index contributed by atoms with van der Waals surface area (Å²) in [5.74, 6) is -0.194. The molecule has 0 aliphatic rings. The molecule has 0 atom stereocenters. The number of nitrogens with one attached hydrogen (secondary N) is 1. The number of hydrogen-bond acceptors (Lipinski definition) is 3. The molecule has 0 radical (unpaired) electrons. The summed E-state index contributed by atoms with van der Waals surface area (Å²) in [6.07, 6.45) is 0.764. The van der Waals surface area contributed by atoms with E-state index in [0.717, 1.165) is 10.8 Å². The van der Waals surface area contributed by atoms with Crippen LogP contribution in [0.3, 0.4) is 0 Å². The Labute approximate surface area is 125 Å². The third-order valence-electron chi connectivity index (χ3n) is 3.00. The van der Waals surface area contributed by atoms with Crippen molar-refractivity contribution in [3.63, 3.8) is 0 Å². The van der Waals surface area contributed by atoms with E-state index in [0.29, 0.717) is 22.6 Å². The number of rotatable bonds is 4. The molecule has 104 valence electrons. The van der Waals surface area contributed by atoms with Gasteiger partial charge in [0.15, 0.2) is 6.29 Å². The van der Waals surface area contributed by atoms with Gasteiger partial charge >= 0.3 is 0 Å². The van der Waals surface area contributed by atoms with Crippen molar-refractivity contribution < 1.29 is 9.59 Å². The fraction of sp³-hybridized carbons (Fsp3) is 0.214. The zero-order valence-electron chi connectivity index (χ0n) is 11.2. The second kappa shape index (κ2) is 6.00. The van der Waals surface area contributed by atoms with Gasteiger partial charge in [-0.3, -0.25) is 14.3 Å². The second-order valence-electron chi connectivity index (χ2n) is 4.39. The molecule has 1 amide bonds. The smallest absolute Gasteiger partial charge is 0.246 e. The van der Waals surface area contributed by atoms with Crippen LogP contribution in [0, 0.1) is 13.8 Å². The zero-order chi connectivity index (χ0) is 14.7. The highest BCUT2D eigenvalue weighted by molar-refractivity contribution is 9.10. The van der Waals surface area contributed by atoms with Crippen molar-refractivity contribution in [3.05, 3.63) is 45.7 Å². The lowest BCUT2D eigenvalue weighted by atomic mass is 10.2. The number of anilines is 1. The average Bonchev–Trinajstić information content (AvgIpc) is 2.67. The average molecular weight is 336 g/mol. The van der Waals surface area contributed by atoms with Gasteiger partial charge < -0.3 is 5.32 Å². The molecule has 1 N–H and O–H groups in total. The van der Waals surface area contributed by atoms with Gasteiger partial charge in [-0.05, 0) is 41.9 Å². The Morgan fingerprint density at radius 3 is 2.70 bits per heavy atom. The number of aromatic nitrogens is 2. The van der Waals surface area contributed by atoms with Gasteiger partial charge in [-0.15, -0.1) is 0 Å². The van der Waals surface area contributed by atoms with E-state index >= 15 is 0 Å². The lowest BCUT2D eigenvalue weighted by molar-refractivity contribution is -0.116. The predicted octanol–water partition coefficient (Wildman–Crippen LogP) is 2.71. The summed E-state index contributed by atoms with van der Waals surface area (Å²) < 4.78 is 2.35. The lowest BCUT2D eigenvalue weighted by Gasteiger charge is -2.08. The maximum atomic E-state index is 12.0. The van der Waals surface area contributed by atoms with Crippen molar-refractivity contribution in [2.45, 2.75) is 20.4 Å². The minimum absolute atomic E-state index is 0.0713. The number of aldehydes is 1. The third kappa shape index (κ3) is 2.96. The number of nitrogens with zero attached hydrogens (tertiary/aromatic N) is 2. The standard InChI is InChI=1S/C14H14BrN3O2/c1-9-11(8-19)10(2)18(17-9)7-14(20)16-13-6-4-3-5-12(13)15/h3-6,8H,7H2,1-2H3,(H,16,20). The molecular weight excluding hydrogens is 322 g/mol. The fourth-order valence-corrected chi connectivity index (χ4v) is 2.31. The molecule has 0 fully saturated rings. The first-order chi connectivity index (χ1) is 9.52. The van der Waals surface area contributed by atoms with E-state index in [2.05, 4.69) is 26.3 Å². The molecule has 0 aliphatic carbocycles. The van der Waals surface area contributed by atoms with Gasteiger partial charge in [0.25, 0.3) is 0 Å². The summed E-state index contributed by atoms with van der Waals surface area (Å²) in [5.41, 5.74) is 2.57. The van der Waals surface area contributed by atoms with E-state index < -0.39 is 0 Å². The van der Waals surface area contributed by atoms with E-state index in [9.17, 15) is 9.59 Å². The van der Waals surface area contributed by atoms with Gasteiger partial charge in [0.05, 0.1) is 16.9 Å². The molecule has 0 aliphatic heterocycles. The molecule has 0 saturated carbocycles. The molecular formula is C14H14BrN3O2. The molecule has 0 saturated heterocycles. The van der Waals surface area contributed by atoms with Crippen LogP contribution in [0.1, 0.15) is 21.7 Å². The van der Waals surface area contributed by atoms with Crippen molar-refractivity contribution in [2.75, 3.05) is 5.32 Å². The molecule has 0 bridgehead atoms. The summed E-state index contributed by atoms with van der Waals surface area (Å²) in [6, 6.07) is 7.37. The predicted molar refractivity (Wildman–Crippen MR) is 79.9 cm³/mol. The van der Waals surface area contributed by atoms with Crippen molar-refractivity contribution in [2.24, 2.45) is 0 Å². The van der Waals surface area contributed by atoms with Crippen LogP contribution < -0.4 is 5.32 Å². The van der Waals surface area contributed by atoms with Crippen LogP contribution in [0.2, 0.25) is 0 Å². The fourth-order valence-electron chi connectivity index (χ4n) is 1.92. The number of benzene rings is 1. The van der Waals surface area contributed by atoms with Gasteiger partial charge in [-0.1, -0.05) is 12.1 Å². The Morgan fingerprint density at radius 1 is 1.40 bits per heavy atom. The largest absolute Gasteiger partial charge is 0.323 e. The summed E-state index contributed by atoms with van der Waals surface area (Å²) >= 11 is 3.37. The van der Waals surface area contributed by atoms with E-state index in [1.165, 1.54) is 4.68 Å². The Hall–Kier alpha value is -1.95. The van der Waals surface area contributed by atoms with Gasteiger partial charge in [0.2, 0.25) is 5.91 Å². The summed E-state index contributed by atoms with van der Waals surface area (Å²) in [4.78, 5) is 22.9. The van der Waals surface area contributed by atoms with Crippen LogP contribution in [0.15, 0.2) is 28.7 Å². The van der Waals surface area contributed by atoms with Crippen LogP contribution in [0.5, 0.6) is 0 Å². The molecule has 6 heteroatoms. The van der Waals surface area contributed by atoms with Crippen molar-refractivity contribution in [1.82, 2.24) is 9.78 Å². The van der Waals surface area contributed by atoms with Gasteiger partial charge in [0.1, 0.15) is 6.54 Å². The van der Waals surface area contributed by atoms with E-state index in [1.54, 1.807) is 19.9 Å². The summed E-state index contributed by atoms with van der Waals surface area (Å²) in [5, 5.41) is 7.00. The summed E-state index contributed by atoms with van der Waals surface area (Å²) in [7, 11) is 0. The minimum Gasteiger partial charge on any atom is -0.323 e. The van der Waals surface area contributed by atoms with Crippen LogP contribution in [0.4, 0.5) is 5.69 Å². The maximum Gasteiger partial charge on any atom is 0.246 e. The Bertz CT molecular complexity index is 664. The number of amides is 1. The molecule has 20 heavy (non-hydrogen) atoms. The van der Waals surface area contributed by atoms with E-state index in [-0.39, 0.29) is 12.5 Å². The molecule has 0 spiro atoms. The van der Waals surface area contributed by atoms with Crippen LogP contribution in [-0.4, -0.2) is 22.0 Å². The monoisotopic (exact) mass is 335 g/mol.